The van der Waals surface area contributed by atoms with Crippen LogP contribution in [0.15, 0.2) is 42.5 Å². The number of rotatable bonds is 8. The zero-order valence-electron chi connectivity index (χ0n) is 18.0. The Morgan fingerprint density at radius 2 is 1.77 bits per heavy atom. The van der Waals surface area contributed by atoms with Gasteiger partial charge >= 0.3 is 0 Å². The van der Waals surface area contributed by atoms with Crippen LogP contribution in [0.1, 0.15) is 39.7 Å². The van der Waals surface area contributed by atoms with Crippen molar-refractivity contribution in [1.29, 1.82) is 0 Å². The van der Waals surface area contributed by atoms with Gasteiger partial charge in [0, 0.05) is 22.1 Å². The first kappa shape index (κ1) is 25.0. The van der Waals surface area contributed by atoms with Gasteiger partial charge < -0.3 is 15.0 Å². The van der Waals surface area contributed by atoms with Crippen LogP contribution in [0.25, 0.3) is 0 Å². The Bertz CT molecular complexity index is 914. The zero-order valence-corrected chi connectivity index (χ0v) is 19.6. The highest BCUT2D eigenvalue weighted by atomic mass is 35.5. The van der Waals surface area contributed by atoms with Crippen molar-refractivity contribution in [2.45, 2.75) is 52.2 Å². The molecule has 2 aromatic rings. The molecule has 8 heteroatoms. The quantitative estimate of drug-likeness (QED) is 0.576. The minimum atomic E-state index is -0.727. The third kappa shape index (κ3) is 7.71. The Hall–Kier alpha value is -2.31. The number of nitrogens with zero attached hydrogens (tertiary/aromatic N) is 1. The van der Waals surface area contributed by atoms with Gasteiger partial charge in [0.2, 0.25) is 5.91 Å². The standard InChI is InChI=1S/C23H27Cl2FN2O3/c1-5-20(22(30)27-23(2,3)4)28(13-15-6-7-16(24)12-19(15)25)21(29)14-31-18-10-8-17(26)9-11-18/h6-12,20H,5,13-14H2,1-4H3,(H,27,30)/t20-/m0/s1. The number of halogens is 3. The van der Waals surface area contributed by atoms with Gasteiger partial charge in [0.05, 0.1) is 0 Å². The van der Waals surface area contributed by atoms with E-state index in [0.717, 1.165) is 0 Å². The lowest BCUT2D eigenvalue weighted by molar-refractivity contribution is -0.143. The third-order valence-electron chi connectivity index (χ3n) is 4.42. The predicted octanol–water partition coefficient (Wildman–Crippen LogP) is 5.23. The Balaban J connectivity index is 2.27. The number of nitrogens with one attached hydrogen (secondary N) is 1. The van der Waals surface area contributed by atoms with E-state index in [1.54, 1.807) is 18.2 Å². The van der Waals surface area contributed by atoms with E-state index in [9.17, 15) is 14.0 Å². The molecule has 0 saturated heterocycles. The normalized spacial score (nSPS) is 12.2. The van der Waals surface area contributed by atoms with E-state index in [-0.39, 0.29) is 19.1 Å². The zero-order chi connectivity index (χ0) is 23.2. The molecule has 0 aliphatic rings. The minimum absolute atomic E-state index is 0.109. The van der Waals surface area contributed by atoms with E-state index >= 15 is 0 Å². The second-order valence-corrected chi connectivity index (χ2v) is 9.01. The lowest BCUT2D eigenvalue weighted by atomic mass is 10.1. The lowest BCUT2D eigenvalue weighted by Crippen LogP contribution is -2.54. The van der Waals surface area contributed by atoms with Crippen LogP contribution < -0.4 is 10.1 Å². The van der Waals surface area contributed by atoms with Crippen LogP contribution in [0.5, 0.6) is 5.75 Å². The van der Waals surface area contributed by atoms with Gasteiger partial charge in [-0.3, -0.25) is 9.59 Å². The summed E-state index contributed by atoms with van der Waals surface area (Å²) in [5.74, 6) is -0.713. The number of carbonyl (C=O) groups excluding carboxylic acids is 2. The molecule has 0 aliphatic heterocycles. The average molecular weight is 469 g/mol. The van der Waals surface area contributed by atoms with E-state index in [1.807, 2.05) is 27.7 Å². The van der Waals surface area contributed by atoms with Gasteiger partial charge in [-0.1, -0.05) is 36.2 Å². The number of ether oxygens (including phenoxy) is 1. The van der Waals surface area contributed by atoms with E-state index in [4.69, 9.17) is 27.9 Å². The van der Waals surface area contributed by atoms with E-state index in [2.05, 4.69) is 5.32 Å². The topological polar surface area (TPSA) is 58.6 Å². The van der Waals surface area contributed by atoms with Gasteiger partial charge in [-0.15, -0.1) is 0 Å². The van der Waals surface area contributed by atoms with Crippen LogP contribution in [0, 0.1) is 5.82 Å². The Morgan fingerprint density at radius 3 is 2.32 bits per heavy atom. The summed E-state index contributed by atoms with van der Waals surface area (Å²) >= 11 is 12.3. The van der Waals surface area contributed by atoms with E-state index in [1.165, 1.54) is 29.2 Å². The summed E-state index contributed by atoms with van der Waals surface area (Å²) < 4.78 is 18.6. The smallest absolute Gasteiger partial charge is 0.261 e. The number of amides is 2. The molecule has 168 valence electrons. The molecule has 0 fully saturated rings. The molecule has 5 nitrogen and oxygen atoms in total. The molecule has 0 aromatic heterocycles. The van der Waals surface area contributed by atoms with Gasteiger partial charge in [-0.2, -0.15) is 0 Å². The second-order valence-electron chi connectivity index (χ2n) is 8.16. The van der Waals surface area contributed by atoms with Gasteiger partial charge in [-0.05, 0) is 69.2 Å². The van der Waals surface area contributed by atoms with Gasteiger partial charge in [0.1, 0.15) is 17.6 Å². The lowest BCUT2D eigenvalue weighted by Gasteiger charge is -2.33. The van der Waals surface area contributed by atoms with Crippen molar-refractivity contribution in [3.8, 4) is 5.75 Å². The highest BCUT2D eigenvalue weighted by Gasteiger charge is 2.31. The average Bonchev–Trinajstić information content (AvgIpc) is 2.67. The molecular formula is C23H27Cl2FN2O3. The molecule has 0 spiro atoms. The molecule has 2 amide bonds. The predicted molar refractivity (Wildman–Crippen MR) is 121 cm³/mol. The van der Waals surface area contributed by atoms with Crippen molar-refractivity contribution in [2.75, 3.05) is 6.61 Å². The molecule has 0 aliphatic carbocycles. The van der Waals surface area contributed by atoms with Crippen LogP contribution in [-0.2, 0) is 16.1 Å². The number of hydrogen-bond acceptors (Lipinski definition) is 3. The third-order valence-corrected chi connectivity index (χ3v) is 5.00. The summed E-state index contributed by atoms with van der Waals surface area (Å²) in [6, 6.07) is 9.63. The van der Waals surface area contributed by atoms with Gasteiger partial charge in [0.15, 0.2) is 6.61 Å². The first-order chi connectivity index (χ1) is 14.5. The Kier molecular flexibility index (Phi) is 8.71. The van der Waals surface area contributed by atoms with Crippen LogP contribution in [0.4, 0.5) is 4.39 Å². The van der Waals surface area contributed by atoms with Gasteiger partial charge in [-0.25, -0.2) is 4.39 Å². The van der Waals surface area contributed by atoms with Crippen molar-refractivity contribution in [1.82, 2.24) is 10.2 Å². The van der Waals surface area contributed by atoms with Crippen molar-refractivity contribution in [3.63, 3.8) is 0 Å². The van der Waals surface area contributed by atoms with E-state index in [0.29, 0.717) is 27.8 Å². The molecule has 1 atom stereocenters. The summed E-state index contributed by atoms with van der Waals surface area (Å²) in [7, 11) is 0. The maximum Gasteiger partial charge on any atom is 0.261 e. The highest BCUT2D eigenvalue weighted by molar-refractivity contribution is 6.35. The summed E-state index contributed by atoms with van der Waals surface area (Å²) in [4.78, 5) is 27.5. The van der Waals surface area contributed by atoms with Gasteiger partial charge in [0.25, 0.3) is 5.91 Å². The van der Waals surface area contributed by atoms with Crippen LogP contribution in [0.3, 0.4) is 0 Å². The van der Waals surface area contributed by atoms with Crippen LogP contribution in [-0.4, -0.2) is 34.9 Å². The molecule has 0 bridgehead atoms. The van der Waals surface area contributed by atoms with Crippen molar-refractivity contribution in [2.24, 2.45) is 0 Å². The first-order valence-electron chi connectivity index (χ1n) is 9.94. The molecule has 0 radical (unpaired) electrons. The van der Waals surface area contributed by atoms with Crippen molar-refractivity contribution < 1.29 is 18.7 Å². The maximum absolute atomic E-state index is 13.1. The molecule has 0 heterocycles. The number of benzene rings is 2. The van der Waals surface area contributed by atoms with Crippen molar-refractivity contribution >= 4 is 35.0 Å². The molecule has 31 heavy (non-hydrogen) atoms. The number of carbonyl (C=O) groups is 2. The molecule has 2 rings (SSSR count). The summed E-state index contributed by atoms with van der Waals surface area (Å²) in [6.45, 7) is 7.25. The SMILES string of the molecule is CC[C@@H](C(=O)NC(C)(C)C)N(Cc1ccc(Cl)cc1Cl)C(=O)COc1ccc(F)cc1. The summed E-state index contributed by atoms with van der Waals surface area (Å²) in [5.41, 5.74) is 0.199. The second kappa shape index (κ2) is 10.8. The molecular weight excluding hydrogens is 442 g/mol. The monoisotopic (exact) mass is 468 g/mol. The maximum atomic E-state index is 13.1. The Morgan fingerprint density at radius 1 is 1.13 bits per heavy atom. The summed E-state index contributed by atoms with van der Waals surface area (Å²) in [5, 5.41) is 3.80. The summed E-state index contributed by atoms with van der Waals surface area (Å²) in [6.07, 6.45) is 0.398. The fourth-order valence-electron chi connectivity index (χ4n) is 2.96. The minimum Gasteiger partial charge on any atom is -0.484 e. The molecule has 0 unspecified atom stereocenters. The Labute approximate surface area is 192 Å². The molecule has 1 N–H and O–H groups in total. The highest BCUT2D eigenvalue weighted by Crippen LogP contribution is 2.24. The van der Waals surface area contributed by atoms with Crippen LogP contribution in [0.2, 0.25) is 10.0 Å². The van der Waals surface area contributed by atoms with Crippen LogP contribution >= 0.6 is 23.2 Å². The number of hydrogen-bond donors (Lipinski definition) is 1. The molecule has 0 saturated carbocycles. The molecule has 2 aromatic carbocycles. The van der Waals surface area contributed by atoms with E-state index < -0.39 is 23.3 Å². The largest absolute Gasteiger partial charge is 0.484 e. The fourth-order valence-corrected chi connectivity index (χ4v) is 3.43. The fraction of sp³-hybridized carbons (Fsp3) is 0.391. The van der Waals surface area contributed by atoms with Crippen molar-refractivity contribution in [3.05, 3.63) is 63.9 Å². The first-order valence-corrected chi connectivity index (χ1v) is 10.7.